The van der Waals surface area contributed by atoms with E-state index in [0.29, 0.717) is 23.4 Å². The van der Waals surface area contributed by atoms with E-state index in [4.69, 9.17) is 10.2 Å². The van der Waals surface area contributed by atoms with Gasteiger partial charge in [0, 0.05) is 52.8 Å². The van der Waals surface area contributed by atoms with Crippen molar-refractivity contribution in [2.75, 3.05) is 24.5 Å². The maximum atomic E-state index is 11.8. The van der Waals surface area contributed by atoms with Crippen LogP contribution in [0.25, 0.3) is 0 Å². The summed E-state index contributed by atoms with van der Waals surface area (Å²) in [7, 11) is 0. The first-order valence-corrected chi connectivity index (χ1v) is 19.5. The van der Waals surface area contributed by atoms with Gasteiger partial charge in [0.25, 0.3) is 5.91 Å². The van der Waals surface area contributed by atoms with Gasteiger partial charge in [-0.05, 0) is 57.4 Å². The minimum absolute atomic E-state index is 0.142. The van der Waals surface area contributed by atoms with Crippen LogP contribution >= 0.6 is 36.6 Å². The van der Waals surface area contributed by atoms with E-state index in [0.717, 1.165) is 11.8 Å². The van der Waals surface area contributed by atoms with Gasteiger partial charge in [-0.3, -0.25) is 19.2 Å². The standard InChI is InChI=1S/C20H25N.C11H16N2O4S3.C7H8.C3H6O2/c1-4-9-17-18-14-15(3)12-13-20(18)21(19(17)5-2)16-10-7-6-8-11-16;1-3-13(7(2)14)5-8(19)10(20-6-18)11(17)12-4-9(15)16;1-7-5-3-2-4-6-7;1-2-3(4)5/h6-8,10-14,17,19H,4-5,9H2,1-3H3;6,19H,3-5H2,1-2H3,(H,12,17)(H,15,16);2-6H,1H3;2H2,1H3,(H,4,5)/b;10-8-;;. The van der Waals surface area contributed by atoms with Crippen molar-refractivity contribution in [3.8, 4) is 0 Å². The molecule has 12 heteroatoms. The molecule has 4 rings (SSSR count). The summed E-state index contributed by atoms with van der Waals surface area (Å²) in [5, 5.41) is 18.5. The average Bonchev–Trinajstić information content (AvgIpc) is 3.45. The Morgan fingerprint density at radius 3 is 1.92 bits per heavy atom. The number of para-hydroxylation sites is 1. The van der Waals surface area contributed by atoms with Gasteiger partial charge in [0.1, 0.15) is 6.54 Å². The smallest absolute Gasteiger partial charge is 0.322 e. The van der Waals surface area contributed by atoms with Crippen molar-refractivity contribution in [3.05, 3.63) is 105 Å². The number of fused-ring (bicyclic) bond motifs is 1. The van der Waals surface area contributed by atoms with E-state index in [-0.39, 0.29) is 23.8 Å². The zero-order valence-corrected chi connectivity index (χ0v) is 34.4. The number of carboxylic acids is 2. The van der Waals surface area contributed by atoms with E-state index >= 15 is 0 Å². The predicted octanol–water partition coefficient (Wildman–Crippen LogP) is 9.17. The molecule has 0 fully saturated rings. The second kappa shape index (κ2) is 25.8. The number of carbonyl (C=O) groups excluding carboxylic acids is 2. The molecule has 0 aromatic heterocycles. The Kier molecular flexibility index (Phi) is 22.8. The van der Waals surface area contributed by atoms with Crippen molar-refractivity contribution in [2.24, 2.45) is 0 Å². The topological polar surface area (TPSA) is 127 Å². The SMILES string of the molecule is CCC(=O)O.CCCC1c2cc(C)ccc2N(c2ccccc2)C1CC.CCN(C/C(S)=C(/SC=S)C(=O)NCC(=O)O)C(C)=O.Cc1ccccc1. The summed E-state index contributed by atoms with van der Waals surface area (Å²) in [5.41, 5.74) is 6.99. The molecule has 0 radical (unpaired) electrons. The van der Waals surface area contributed by atoms with Crippen LogP contribution in [0.15, 0.2) is 88.7 Å². The molecule has 2 unspecified atom stereocenters. The number of likely N-dealkylation sites (N-methyl/N-ethyl adjacent to an activating group) is 1. The Labute approximate surface area is 330 Å². The van der Waals surface area contributed by atoms with E-state index in [9.17, 15) is 19.2 Å². The number of thiocarbonyl (C=S) groups is 1. The number of aliphatic carboxylic acids is 2. The molecule has 0 aliphatic carbocycles. The van der Waals surface area contributed by atoms with Gasteiger partial charge in [0.15, 0.2) is 0 Å². The molecule has 9 nitrogen and oxygen atoms in total. The molecule has 2 amide bonds. The molecule has 0 saturated carbocycles. The molecular weight excluding hydrogens is 727 g/mol. The van der Waals surface area contributed by atoms with Gasteiger partial charge in [0.2, 0.25) is 5.91 Å². The first kappa shape index (κ1) is 46.9. The fourth-order valence-electron chi connectivity index (χ4n) is 5.57. The normalized spacial score (nSPS) is 14.3. The number of thiol groups is 1. The van der Waals surface area contributed by atoms with E-state index < -0.39 is 24.4 Å². The molecular formula is C41H55N3O6S3. The van der Waals surface area contributed by atoms with Crippen LogP contribution in [0.4, 0.5) is 11.4 Å². The third kappa shape index (κ3) is 16.6. The van der Waals surface area contributed by atoms with E-state index in [2.05, 4.69) is 123 Å². The van der Waals surface area contributed by atoms with Gasteiger partial charge < -0.3 is 25.3 Å². The Bertz CT molecular complexity index is 1640. The first-order valence-electron chi connectivity index (χ1n) is 17.7. The number of nitrogens with one attached hydrogen (secondary N) is 1. The van der Waals surface area contributed by atoms with Crippen molar-refractivity contribution in [3.63, 3.8) is 0 Å². The minimum atomic E-state index is -1.15. The molecule has 3 N–H and O–H groups in total. The molecule has 2 atom stereocenters. The van der Waals surface area contributed by atoms with Gasteiger partial charge in [-0.1, -0.05) is 123 Å². The number of aryl methyl sites for hydroxylation is 2. The van der Waals surface area contributed by atoms with Crippen LogP contribution in [0.1, 0.15) is 82.9 Å². The second-order valence-corrected chi connectivity index (χ2v) is 14.1. The lowest BCUT2D eigenvalue weighted by atomic mass is 9.88. The highest BCUT2D eigenvalue weighted by molar-refractivity contribution is 8.24. The quantitative estimate of drug-likeness (QED) is 0.0763. The molecule has 53 heavy (non-hydrogen) atoms. The number of hydrogen-bond acceptors (Lipinski definition) is 8. The molecule has 288 valence electrons. The van der Waals surface area contributed by atoms with Crippen LogP contribution in [-0.4, -0.2) is 69.2 Å². The van der Waals surface area contributed by atoms with E-state index in [1.54, 1.807) is 19.4 Å². The predicted molar refractivity (Wildman–Crippen MR) is 226 cm³/mol. The number of thioether (sulfide) groups is 1. The van der Waals surface area contributed by atoms with Gasteiger partial charge in [-0.2, -0.15) is 0 Å². The molecule has 1 aliphatic rings. The van der Waals surface area contributed by atoms with Crippen molar-refractivity contribution in [2.45, 2.75) is 86.1 Å². The number of nitrogens with zero attached hydrogens (tertiary/aromatic N) is 2. The summed E-state index contributed by atoms with van der Waals surface area (Å²) in [6, 6.07) is 28.7. The maximum absolute atomic E-state index is 11.8. The van der Waals surface area contributed by atoms with Gasteiger partial charge in [-0.15, -0.1) is 12.6 Å². The Balaban J connectivity index is 0.000000405. The molecule has 0 spiro atoms. The van der Waals surface area contributed by atoms with E-state index in [1.165, 1.54) is 58.3 Å². The highest BCUT2D eigenvalue weighted by atomic mass is 32.2. The summed E-state index contributed by atoms with van der Waals surface area (Å²) in [6.45, 7) is 13.9. The highest BCUT2D eigenvalue weighted by Gasteiger charge is 2.37. The maximum Gasteiger partial charge on any atom is 0.322 e. The first-order chi connectivity index (χ1) is 25.2. The lowest BCUT2D eigenvalue weighted by Gasteiger charge is -2.29. The summed E-state index contributed by atoms with van der Waals surface area (Å²) in [6.07, 6.45) is 3.93. The lowest BCUT2D eigenvalue weighted by molar-refractivity contribution is -0.137. The van der Waals surface area contributed by atoms with Crippen LogP contribution in [0.3, 0.4) is 0 Å². The number of hydrogen-bond donors (Lipinski definition) is 4. The highest BCUT2D eigenvalue weighted by Crippen LogP contribution is 2.48. The number of anilines is 2. The average molecular weight is 782 g/mol. The number of carbonyl (C=O) groups is 4. The van der Waals surface area contributed by atoms with Crippen molar-refractivity contribution >= 4 is 76.4 Å². The monoisotopic (exact) mass is 781 g/mol. The Morgan fingerprint density at radius 2 is 1.49 bits per heavy atom. The molecule has 1 aliphatic heterocycles. The van der Waals surface area contributed by atoms with Crippen LogP contribution in [0.2, 0.25) is 0 Å². The van der Waals surface area contributed by atoms with E-state index in [1.807, 2.05) is 18.2 Å². The largest absolute Gasteiger partial charge is 0.481 e. The van der Waals surface area contributed by atoms with Crippen molar-refractivity contribution < 1.29 is 29.4 Å². The number of amides is 2. The summed E-state index contributed by atoms with van der Waals surface area (Å²) >= 11 is 9.87. The fraction of sp³-hybridized carbons (Fsp3) is 0.390. The van der Waals surface area contributed by atoms with Crippen LogP contribution < -0.4 is 10.2 Å². The van der Waals surface area contributed by atoms with Crippen molar-refractivity contribution in [1.82, 2.24) is 10.2 Å². The third-order valence-corrected chi connectivity index (χ3v) is 9.70. The van der Waals surface area contributed by atoms with Crippen LogP contribution in [0, 0.1) is 13.8 Å². The van der Waals surface area contributed by atoms with Gasteiger partial charge in [-0.25, -0.2) is 0 Å². The lowest BCUT2D eigenvalue weighted by Crippen LogP contribution is -2.33. The molecule has 0 bridgehead atoms. The zero-order valence-electron chi connectivity index (χ0n) is 31.9. The summed E-state index contributed by atoms with van der Waals surface area (Å²) in [4.78, 5) is 47.6. The van der Waals surface area contributed by atoms with Crippen LogP contribution in [0.5, 0.6) is 0 Å². The Morgan fingerprint density at radius 1 is 0.906 bits per heavy atom. The summed E-state index contributed by atoms with van der Waals surface area (Å²) < 4.78 is 1.27. The Hall–Kier alpha value is -4.13. The zero-order chi connectivity index (χ0) is 39.9. The molecule has 0 saturated heterocycles. The van der Waals surface area contributed by atoms with Gasteiger partial charge >= 0.3 is 11.9 Å². The second-order valence-electron chi connectivity index (χ2n) is 12.1. The number of carboxylic acid groups (broad SMARTS) is 2. The third-order valence-electron chi connectivity index (χ3n) is 8.14. The minimum Gasteiger partial charge on any atom is -0.481 e. The molecule has 3 aromatic rings. The van der Waals surface area contributed by atoms with Crippen molar-refractivity contribution in [1.29, 1.82) is 0 Å². The fourth-order valence-corrected chi connectivity index (χ4v) is 6.77. The summed E-state index contributed by atoms with van der Waals surface area (Å²) in [5.74, 6) is -1.95. The molecule has 1 heterocycles. The number of benzene rings is 3. The number of rotatable bonds is 13. The molecule has 3 aromatic carbocycles. The van der Waals surface area contributed by atoms with Gasteiger partial charge in [0.05, 0.1) is 11.4 Å². The van der Waals surface area contributed by atoms with Crippen LogP contribution in [-0.2, 0) is 19.2 Å².